The SMILES string of the molecule is CN=C(NCCCCOCc1ccccc1)NCC(c1ccco1)N1CCCCC1.I. The van der Waals surface area contributed by atoms with Crippen LogP contribution in [0.25, 0.3) is 0 Å². The van der Waals surface area contributed by atoms with Gasteiger partial charge < -0.3 is 19.8 Å². The minimum absolute atomic E-state index is 0. The lowest BCUT2D eigenvalue weighted by atomic mass is 10.1. The van der Waals surface area contributed by atoms with Gasteiger partial charge in [0.15, 0.2) is 5.96 Å². The molecule has 0 spiro atoms. The molecule has 1 aromatic heterocycles. The summed E-state index contributed by atoms with van der Waals surface area (Å²) >= 11 is 0. The Morgan fingerprint density at radius 2 is 1.87 bits per heavy atom. The van der Waals surface area contributed by atoms with E-state index in [2.05, 4.69) is 38.7 Å². The Morgan fingerprint density at radius 3 is 2.58 bits per heavy atom. The smallest absolute Gasteiger partial charge is 0.191 e. The number of nitrogens with zero attached hydrogens (tertiary/aromatic N) is 2. The molecule has 0 aliphatic carbocycles. The maximum absolute atomic E-state index is 5.75. The van der Waals surface area contributed by atoms with E-state index in [1.54, 1.807) is 6.26 Å². The van der Waals surface area contributed by atoms with E-state index in [1.807, 2.05) is 31.3 Å². The van der Waals surface area contributed by atoms with Gasteiger partial charge in [-0.15, -0.1) is 24.0 Å². The third-order valence-corrected chi connectivity index (χ3v) is 5.51. The van der Waals surface area contributed by atoms with Gasteiger partial charge in [0.2, 0.25) is 0 Å². The molecule has 6 nitrogen and oxygen atoms in total. The van der Waals surface area contributed by atoms with Crippen molar-refractivity contribution in [3.05, 3.63) is 60.1 Å². The summed E-state index contributed by atoms with van der Waals surface area (Å²) in [6, 6.07) is 14.6. The molecule has 1 atom stereocenters. The Balaban J connectivity index is 0.00000341. The van der Waals surface area contributed by atoms with Gasteiger partial charge in [0.1, 0.15) is 5.76 Å². The van der Waals surface area contributed by atoms with E-state index in [0.717, 1.165) is 57.3 Å². The number of nitrogens with one attached hydrogen (secondary N) is 2. The molecule has 7 heteroatoms. The average molecular weight is 540 g/mol. The molecule has 0 bridgehead atoms. The van der Waals surface area contributed by atoms with Crippen LogP contribution < -0.4 is 10.6 Å². The zero-order valence-electron chi connectivity index (χ0n) is 18.6. The standard InChI is InChI=1S/C24H36N4O2.HI/c1-25-24(26-14-6-9-17-29-20-21-11-4-2-5-12-21)27-19-22(23-13-10-18-30-23)28-15-7-3-8-16-28;/h2,4-5,10-13,18,22H,3,6-9,14-17,19-20H2,1H3,(H2,25,26,27);1H. The first-order valence-corrected chi connectivity index (χ1v) is 11.2. The number of furan rings is 1. The fraction of sp³-hybridized carbons (Fsp3) is 0.542. The number of likely N-dealkylation sites (tertiary alicyclic amines) is 1. The maximum Gasteiger partial charge on any atom is 0.191 e. The van der Waals surface area contributed by atoms with Crippen molar-refractivity contribution in [2.75, 3.05) is 39.8 Å². The Hall–Kier alpha value is -1.58. The van der Waals surface area contributed by atoms with Gasteiger partial charge >= 0.3 is 0 Å². The molecular formula is C24H37IN4O2. The molecule has 2 heterocycles. The second kappa shape index (κ2) is 15.3. The summed E-state index contributed by atoms with van der Waals surface area (Å²) in [4.78, 5) is 6.89. The maximum atomic E-state index is 5.75. The summed E-state index contributed by atoms with van der Waals surface area (Å²) in [7, 11) is 1.82. The zero-order valence-corrected chi connectivity index (χ0v) is 20.9. The van der Waals surface area contributed by atoms with Crippen molar-refractivity contribution in [1.29, 1.82) is 0 Å². The first-order chi connectivity index (χ1) is 14.9. The minimum Gasteiger partial charge on any atom is -0.468 e. The lowest BCUT2D eigenvalue weighted by molar-refractivity contribution is 0.117. The number of ether oxygens (including phenoxy) is 1. The number of hydrogen-bond acceptors (Lipinski definition) is 4. The number of hydrogen-bond donors (Lipinski definition) is 2. The van der Waals surface area contributed by atoms with Crippen LogP contribution >= 0.6 is 24.0 Å². The van der Waals surface area contributed by atoms with E-state index in [9.17, 15) is 0 Å². The lowest BCUT2D eigenvalue weighted by Gasteiger charge is -2.33. The predicted molar refractivity (Wildman–Crippen MR) is 137 cm³/mol. The van der Waals surface area contributed by atoms with Crippen molar-refractivity contribution in [2.45, 2.75) is 44.8 Å². The van der Waals surface area contributed by atoms with Crippen LogP contribution in [-0.2, 0) is 11.3 Å². The summed E-state index contributed by atoms with van der Waals surface area (Å²) < 4.78 is 11.5. The first-order valence-electron chi connectivity index (χ1n) is 11.2. The number of rotatable bonds is 11. The van der Waals surface area contributed by atoms with Crippen LogP contribution in [0.5, 0.6) is 0 Å². The Bertz CT molecular complexity index is 718. The molecule has 0 radical (unpaired) electrons. The highest BCUT2D eigenvalue weighted by Gasteiger charge is 2.24. The van der Waals surface area contributed by atoms with Crippen LogP contribution in [0.4, 0.5) is 0 Å². The van der Waals surface area contributed by atoms with Crippen LogP contribution in [0.2, 0.25) is 0 Å². The molecule has 0 amide bonds. The fourth-order valence-corrected chi connectivity index (χ4v) is 3.83. The lowest BCUT2D eigenvalue weighted by Crippen LogP contribution is -2.44. The highest BCUT2D eigenvalue weighted by atomic mass is 127. The Morgan fingerprint density at radius 1 is 1.06 bits per heavy atom. The first kappa shape index (κ1) is 25.7. The minimum atomic E-state index is 0. The van der Waals surface area contributed by atoms with Crippen molar-refractivity contribution in [1.82, 2.24) is 15.5 Å². The summed E-state index contributed by atoms with van der Waals surface area (Å²) in [6.07, 6.45) is 7.68. The van der Waals surface area contributed by atoms with Gasteiger partial charge in [-0.25, -0.2) is 0 Å². The predicted octanol–water partition coefficient (Wildman–Crippen LogP) is 4.59. The van der Waals surface area contributed by atoms with E-state index in [0.29, 0.717) is 6.61 Å². The molecule has 2 aromatic rings. The quantitative estimate of drug-likeness (QED) is 0.189. The third-order valence-electron chi connectivity index (χ3n) is 5.51. The molecule has 2 N–H and O–H groups in total. The number of benzene rings is 1. The Kier molecular flexibility index (Phi) is 12.6. The van der Waals surface area contributed by atoms with Gasteiger partial charge in [0.05, 0.1) is 18.9 Å². The highest BCUT2D eigenvalue weighted by molar-refractivity contribution is 14.0. The van der Waals surface area contributed by atoms with Crippen LogP contribution in [-0.4, -0.2) is 50.7 Å². The second-order valence-electron chi connectivity index (χ2n) is 7.75. The van der Waals surface area contributed by atoms with Gasteiger partial charge in [-0.1, -0.05) is 36.8 Å². The molecule has 3 rings (SSSR count). The van der Waals surface area contributed by atoms with Crippen LogP contribution in [0.15, 0.2) is 58.1 Å². The third kappa shape index (κ3) is 9.21. The number of halogens is 1. The van der Waals surface area contributed by atoms with Crippen molar-refractivity contribution in [3.63, 3.8) is 0 Å². The second-order valence-corrected chi connectivity index (χ2v) is 7.75. The summed E-state index contributed by atoms with van der Waals surface area (Å²) in [5, 5.41) is 6.90. The number of aliphatic imine (C=N–C) groups is 1. The van der Waals surface area contributed by atoms with Gasteiger partial charge in [-0.2, -0.15) is 0 Å². The van der Waals surface area contributed by atoms with Gasteiger partial charge in [-0.05, 0) is 56.5 Å². The molecule has 0 saturated carbocycles. The number of unbranched alkanes of at least 4 members (excludes halogenated alkanes) is 1. The molecule has 1 aromatic carbocycles. The largest absolute Gasteiger partial charge is 0.468 e. The van der Waals surface area contributed by atoms with Crippen molar-refractivity contribution >= 4 is 29.9 Å². The van der Waals surface area contributed by atoms with Gasteiger partial charge in [0, 0.05) is 26.7 Å². The highest BCUT2D eigenvalue weighted by Crippen LogP contribution is 2.24. The molecule has 1 saturated heterocycles. The summed E-state index contributed by atoms with van der Waals surface area (Å²) in [5.74, 6) is 1.86. The summed E-state index contributed by atoms with van der Waals surface area (Å²) in [5.41, 5.74) is 1.22. The molecule has 31 heavy (non-hydrogen) atoms. The Labute approximate surface area is 203 Å². The van der Waals surface area contributed by atoms with Crippen LogP contribution in [0.1, 0.15) is 49.5 Å². The van der Waals surface area contributed by atoms with E-state index in [1.165, 1.54) is 24.8 Å². The van der Waals surface area contributed by atoms with Gasteiger partial charge in [-0.3, -0.25) is 9.89 Å². The average Bonchev–Trinajstić information content (AvgIpc) is 3.33. The van der Waals surface area contributed by atoms with Crippen molar-refractivity contribution < 1.29 is 9.15 Å². The normalized spacial score (nSPS) is 15.8. The topological polar surface area (TPSA) is 62.0 Å². The number of guanidine groups is 1. The van der Waals surface area contributed by atoms with Crippen LogP contribution in [0.3, 0.4) is 0 Å². The van der Waals surface area contributed by atoms with Crippen LogP contribution in [0, 0.1) is 0 Å². The van der Waals surface area contributed by atoms with Crippen molar-refractivity contribution in [3.8, 4) is 0 Å². The summed E-state index contributed by atoms with van der Waals surface area (Å²) in [6.45, 7) is 5.38. The molecule has 172 valence electrons. The zero-order chi connectivity index (χ0) is 20.9. The number of piperidine rings is 1. The van der Waals surface area contributed by atoms with Gasteiger partial charge in [0.25, 0.3) is 0 Å². The van der Waals surface area contributed by atoms with E-state index < -0.39 is 0 Å². The molecule has 1 aliphatic heterocycles. The monoisotopic (exact) mass is 540 g/mol. The van der Waals surface area contributed by atoms with E-state index >= 15 is 0 Å². The molecule has 1 aliphatic rings. The molecule has 1 unspecified atom stereocenters. The molecule has 1 fully saturated rings. The van der Waals surface area contributed by atoms with Crippen molar-refractivity contribution in [2.24, 2.45) is 4.99 Å². The van der Waals surface area contributed by atoms with E-state index in [4.69, 9.17) is 9.15 Å². The molecular weight excluding hydrogens is 503 g/mol. The van der Waals surface area contributed by atoms with E-state index in [-0.39, 0.29) is 30.0 Å². The fourth-order valence-electron chi connectivity index (χ4n) is 3.83.